The number of rotatable bonds is 9. The van der Waals surface area contributed by atoms with Crippen LogP contribution in [0.1, 0.15) is 23.6 Å². The molecule has 30 heavy (non-hydrogen) atoms. The van der Waals surface area contributed by atoms with Crippen LogP contribution in [-0.4, -0.2) is 31.5 Å². The highest BCUT2D eigenvalue weighted by Crippen LogP contribution is 2.35. The lowest BCUT2D eigenvalue weighted by Gasteiger charge is -2.17. The highest BCUT2D eigenvalue weighted by molar-refractivity contribution is 6.01. The molecule has 0 aliphatic heterocycles. The molecule has 2 aromatic carbocycles. The number of likely N-dealkylation sites (N-methyl/N-ethyl adjacent to an activating group) is 1. The Labute approximate surface area is 176 Å². The quantitative estimate of drug-likeness (QED) is 0.348. The molecule has 0 atom stereocenters. The third kappa shape index (κ3) is 5.95. The Morgan fingerprint density at radius 1 is 1.23 bits per heavy atom. The van der Waals surface area contributed by atoms with E-state index >= 15 is 0 Å². The number of carbonyl (C=O) groups excluding carboxylic acids is 1. The van der Waals surface area contributed by atoms with Crippen molar-refractivity contribution in [2.24, 2.45) is 0 Å². The van der Waals surface area contributed by atoms with Gasteiger partial charge in [0.1, 0.15) is 24.1 Å². The second-order valence-electron chi connectivity index (χ2n) is 6.72. The molecule has 0 unspecified atom stereocenters. The summed E-state index contributed by atoms with van der Waals surface area (Å²) in [4.78, 5) is 13.5. The Morgan fingerprint density at radius 3 is 2.50 bits per heavy atom. The van der Waals surface area contributed by atoms with Crippen molar-refractivity contribution in [2.45, 2.75) is 20.0 Å². The Bertz CT molecular complexity index is 973. The minimum atomic E-state index is -0.377. The van der Waals surface area contributed by atoms with Gasteiger partial charge in [-0.25, -0.2) is 4.39 Å². The number of nitrogens with zero attached hydrogens (tertiary/aromatic N) is 2. The zero-order valence-electron chi connectivity index (χ0n) is 17.4. The van der Waals surface area contributed by atoms with E-state index in [1.54, 1.807) is 38.4 Å². The van der Waals surface area contributed by atoms with Crippen molar-refractivity contribution in [2.75, 3.05) is 20.7 Å². The van der Waals surface area contributed by atoms with Gasteiger partial charge < -0.3 is 14.4 Å². The van der Waals surface area contributed by atoms with Crippen molar-refractivity contribution in [3.63, 3.8) is 0 Å². The molecule has 0 N–H and O–H groups in total. The number of allylic oxidation sites excluding steroid dienone is 1. The molecule has 0 radical (unpaired) electrons. The van der Waals surface area contributed by atoms with Crippen LogP contribution in [0.4, 0.5) is 4.39 Å². The molecule has 6 heteroatoms. The first-order valence-electron chi connectivity index (χ1n) is 9.50. The minimum Gasteiger partial charge on any atom is -0.490 e. The van der Waals surface area contributed by atoms with Crippen LogP contribution in [0.25, 0.3) is 6.08 Å². The first kappa shape index (κ1) is 22.7. The predicted octanol–water partition coefficient (Wildman–Crippen LogP) is 4.53. The summed E-state index contributed by atoms with van der Waals surface area (Å²) in [6, 6.07) is 11.6. The molecule has 0 aliphatic rings. The fourth-order valence-corrected chi connectivity index (χ4v) is 2.79. The number of ether oxygens (including phenoxy) is 2. The summed E-state index contributed by atoms with van der Waals surface area (Å²) < 4.78 is 24.9. The van der Waals surface area contributed by atoms with Gasteiger partial charge in [0.05, 0.1) is 6.61 Å². The maximum atomic E-state index is 13.1. The maximum absolute atomic E-state index is 13.1. The highest BCUT2D eigenvalue weighted by atomic mass is 19.1. The smallest absolute Gasteiger partial charge is 0.264 e. The van der Waals surface area contributed by atoms with Crippen LogP contribution >= 0.6 is 0 Å². The molecule has 0 aliphatic carbocycles. The summed E-state index contributed by atoms with van der Waals surface area (Å²) in [5, 5.41) is 9.37. The molecule has 1 amide bonds. The molecule has 0 saturated carbocycles. The van der Waals surface area contributed by atoms with Crippen molar-refractivity contribution in [3.05, 3.63) is 77.1 Å². The Kier molecular flexibility index (Phi) is 8.18. The second kappa shape index (κ2) is 10.8. The first-order valence-corrected chi connectivity index (χ1v) is 9.50. The number of hydrogen-bond donors (Lipinski definition) is 0. The summed E-state index contributed by atoms with van der Waals surface area (Å²) in [6.45, 7) is 6.30. The van der Waals surface area contributed by atoms with E-state index < -0.39 is 0 Å². The second-order valence-corrected chi connectivity index (χ2v) is 6.72. The van der Waals surface area contributed by atoms with E-state index in [0.29, 0.717) is 30.1 Å². The first-order chi connectivity index (χ1) is 14.4. The number of halogens is 1. The van der Waals surface area contributed by atoms with E-state index in [4.69, 9.17) is 9.47 Å². The summed E-state index contributed by atoms with van der Waals surface area (Å²) in [6.07, 6.45) is 3.77. The van der Waals surface area contributed by atoms with E-state index in [0.717, 1.165) is 11.1 Å². The van der Waals surface area contributed by atoms with E-state index in [9.17, 15) is 14.4 Å². The van der Waals surface area contributed by atoms with Gasteiger partial charge in [0.15, 0.2) is 11.5 Å². The van der Waals surface area contributed by atoms with Gasteiger partial charge in [0.2, 0.25) is 0 Å². The highest BCUT2D eigenvalue weighted by Gasteiger charge is 2.16. The van der Waals surface area contributed by atoms with Crippen molar-refractivity contribution >= 4 is 12.0 Å². The normalized spacial score (nSPS) is 10.8. The van der Waals surface area contributed by atoms with E-state index in [1.165, 1.54) is 23.1 Å². The Hall–Kier alpha value is -3.59. The molecule has 0 bridgehead atoms. The third-order valence-electron chi connectivity index (χ3n) is 4.18. The van der Waals surface area contributed by atoms with Crippen molar-refractivity contribution in [3.8, 4) is 17.6 Å². The number of nitriles is 1. The molecular formula is C24H25FN2O3. The molecular weight excluding hydrogens is 383 g/mol. The van der Waals surface area contributed by atoms with Crippen LogP contribution in [0.3, 0.4) is 0 Å². The van der Waals surface area contributed by atoms with Gasteiger partial charge in [-0.15, -0.1) is 6.58 Å². The molecule has 156 valence electrons. The molecule has 0 fully saturated rings. The number of carbonyl (C=O) groups is 1. The van der Waals surface area contributed by atoms with Crippen LogP contribution in [0.2, 0.25) is 0 Å². The lowest BCUT2D eigenvalue weighted by molar-refractivity contribution is -0.124. The standard InChI is InChI=1S/C24H25FN2O3/c1-5-7-19-12-18(13-20(15-26)24(28)27(3)4)14-22(29-6-2)23(19)30-16-17-8-10-21(25)11-9-17/h5,8-14H,1,6-7,16H2,2-4H3/b20-13-. The summed E-state index contributed by atoms with van der Waals surface area (Å²) in [5.74, 6) is 0.366. The molecule has 0 spiro atoms. The van der Waals surface area contributed by atoms with Gasteiger partial charge in [-0.05, 0) is 54.8 Å². The average molecular weight is 408 g/mol. The van der Waals surface area contributed by atoms with Crippen molar-refractivity contribution < 1.29 is 18.7 Å². The molecule has 2 rings (SSSR count). The molecule has 0 heterocycles. The summed E-state index contributed by atoms with van der Waals surface area (Å²) in [7, 11) is 3.18. The van der Waals surface area contributed by atoms with Crippen LogP contribution in [0.5, 0.6) is 11.5 Å². The fourth-order valence-electron chi connectivity index (χ4n) is 2.79. The van der Waals surface area contributed by atoms with Crippen molar-refractivity contribution in [1.82, 2.24) is 4.90 Å². The number of amides is 1. The van der Waals surface area contributed by atoms with Gasteiger partial charge in [0, 0.05) is 19.7 Å². The lowest BCUT2D eigenvalue weighted by atomic mass is 10.0. The van der Waals surface area contributed by atoms with Gasteiger partial charge >= 0.3 is 0 Å². The predicted molar refractivity (Wildman–Crippen MR) is 115 cm³/mol. The zero-order valence-corrected chi connectivity index (χ0v) is 17.4. The van der Waals surface area contributed by atoms with Gasteiger partial charge in [-0.1, -0.05) is 18.2 Å². The zero-order chi connectivity index (χ0) is 22.1. The van der Waals surface area contributed by atoms with Gasteiger partial charge in [0.25, 0.3) is 5.91 Å². The van der Waals surface area contributed by atoms with Gasteiger partial charge in [-0.2, -0.15) is 5.26 Å². The van der Waals surface area contributed by atoms with Crippen LogP contribution in [0, 0.1) is 17.1 Å². The minimum absolute atomic E-state index is 0.0204. The van der Waals surface area contributed by atoms with Crippen molar-refractivity contribution in [1.29, 1.82) is 5.26 Å². The molecule has 0 saturated heterocycles. The molecule has 0 aromatic heterocycles. The van der Waals surface area contributed by atoms with E-state index in [1.807, 2.05) is 19.1 Å². The average Bonchev–Trinajstić information content (AvgIpc) is 2.72. The Morgan fingerprint density at radius 2 is 1.93 bits per heavy atom. The summed E-state index contributed by atoms with van der Waals surface area (Å²) in [5.41, 5.74) is 2.29. The van der Waals surface area contributed by atoms with Crippen LogP contribution < -0.4 is 9.47 Å². The SMILES string of the molecule is C=CCc1cc(/C=C(/C#N)C(=O)N(C)C)cc(OCC)c1OCc1ccc(F)cc1. The summed E-state index contributed by atoms with van der Waals surface area (Å²) >= 11 is 0. The largest absolute Gasteiger partial charge is 0.490 e. The molecule has 2 aromatic rings. The van der Waals surface area contributed by atoms with E-state index in [-0.39, 0.29) is 23.9 Å². The monoisotopic (exact) mass is 408 g/mol. The Balaban J connectivity index is 2.45. The van der Waals surface area contributed by atoms with Crippen LogP contribution in [0.15, 0.2) is 54.6 Å². The fraction of sp³-hybridized carbons (Fsp3) is 0.250. The van der Waals surface area contributed by atoms with E-state index in [2.05, 4.69) is 6.58 Å². The number of hydrogen-bond acceptors (Lipinski definition) is 4. The maximum Gasteiger partial charge on any atom is 0.264 e. The van der Waals surface area contributed by atoms with Crippen LogP contribution in [-0.2, 0) is 17.8 Å². The third-order valence-corrected chi connectivity index (χ3v) is 4.18. The van der Waals surface area contributed by atoms with Gasteiger partial charge in [-0.3, -0.25) is 4.79 Å². The number of benzene rings is 2. The topological polar surface area (TPSA) is 62.6 Å². The lowest BCUT2D eigenvalue weighted by Crippen LogP contribution is -2.22. The molecule has 5 nitrogen and oxygen atoms in total.